The van der Waals surface area contributed by atoms with Gasteiger partial charge in [-0.05, 0) is 32.4 Å². The van der Waals surface area contributed by atoms with Gasteiger partial charge in [-0.15, -0.1) is 11.8 Å². The molecule has 0 amide bonds. The van der Waals surface area contributed by atoms with Crippen molar-refractivity contribution in [3.05, 3.63) is 29.8 Å². The van der Waals surface area contributed by atoms with Gasteiger partial charge >= 0.3 is 0 Å². The highest BCUT2D eigenvalue weighted by molar-refractivity contribution is 8.00. The van der Waals surface area contributed by atoms with E-state index < -0.39 is 0 Å². The van der Waals surface area contributed by atoms with Crippen molar-refractivity contribution < 1.29 is 5.11 Å². The second kappa shape index (κ2) is 4.16. The second-order valence-corrected chi connectivity index (χ2v) is 5.53. The molecule has 13 heavy (non-hydrogen) atoms. The maximum absolute atomic E-state index is 9.13. The van der Waals surface area contributed by atoms with Crippen molar-refractivity contribution in [3.63, 3.8) is 0 Å². The smallest absolute Gasteiger partial charge is 0.0576 e. The first-order valence-electron chi connectivity index (χ1n) is 4.41. The van der Waals surface area contributed by atoms with E-state index in [9.17, 15) is 0 Å². The summed E-state index contributed by atoms with van der Waals surface area (Å²) in [6.45, 7) is 6.38. The normalized spacial score (nSPS) is 11.7. The Labute approximate surface area is 84.2 Å². The van der Waals surface area contributed by atoms with E-state index in [0.717, 1.165) is 0 Å². The van der Waals surface area contributed by atoms with Crippen LogP contribution in [0.2, 0.25) is 0 Å². The Bertz CT molecular complexity index is 281. The molecule has 0 saturated heterocycles. The molecule has 0 spiro atoms. The Hall–Kier alpha value is -0.470. The van der Waals surface area contributed by atoms with Gasteiger partial charge in [0.15, 0.2) is 0 Å². The zero-order valence-electron chi connectivity index (χ0n) is 8.37. The number of aliphatic hydroxyl groups is 1. The molecule has 0 heterocycles. The lowest BCUT2D eigenvalue weighted by atomic mass is 10.2. The van der Waals surface area contributed by atoms with Crippen LogP contribution in [-0.2, 0) is 0 Å². The van der Waals surface area contributed by atoms with Gasteiger partial charge < -0.3 is 5.11 Å². The van der Waals surface area contributed by atoms with Crippen molar-refractivity contribution in [1.82, 2.24) is 0 Å². The fraction of sp³-hybridized carbons (Fsp3) is 0.455. The van der Waals surface area contributed by atoms with Crippen LogP contribution in [0.5, 0.6) is 0 Å². The molecule has 72 valence electrons. The van der Waals surface area contributed by atoms with Gasteiger partial charge in [0.2, 0.25) is 0 Å². The molecule has 0 bridgehead atoms. The summed E-state index contributed by atoms with van der Waals surface area (Å²) in [6.07, 6.45) is 0. The van der Waals surface area contributed by atoms with Crippen molar-refractivity contribution >= 4 is 11.8 Å². The maximum atomic E-state index is 9.13. The van der Waals surface area contributed by atoms with Gasteiger partial charge in [0.1, 0.15) is 0 Å². The number of hydrogen-bond donors (Lipinski definition) is 1. The third-order valence-electron chi connectivity index (χ3n) is 1.86. The Morgan fingerprint density at radius 2 is 1.92 bits per heavy atom. The number of benzene rings is 1. The Morgan fingerprint density at radius 3 is 2.46 bits per heavy atom. The van der Waals surface area contributed by atoms with Gasteiger partial charge in [0, 0.05) is 9.64 Å². The molecule has 1 aromatic rings. The molecule has 0 aliphatic heterocycles. The third kappa shape index (κ3) is 3.05. The van der Waals surface area contributed by atoms with Crippen LogP contribution < -0.4 is 0 Å². The van der Waals surface area contributed by atoms with Crippen molar-refractivity contribution in [2.24, 2.45) is 0 Å². The van der Waals surface area contributed by atoms with E-state index in [0.29, 0.717) is 0 Å². The number of rotatable bonds is 3. The Balaban J connectivity index is 2.80. The lowest BCUT2D eigenvalue weighted by Gasteiger charge is -2.21. The zero-order chi connectivity index (χ0) is 9.90. The van der Waals surface area contributed by atoms with Crippen LogP contribution in [0.4, 0.5) is 0 Å². The largest absolute Gasteiger partial charge is 0.395 e. The molecule has 0 atom stereocenters. The summed E-state index contributed by atoms with van der Waals surface area (Å²) in [5.74, 6) is 0. The van der Waals surface area contributed by atoms with Crippen LogP contribution in [0.25, 0.3) is 0 Å². The molecule has 2 heteroatoms. The molecule has 0 saturated carbocycles. The third-order valence-corrected chi connectivity index (χ3v) is 3.22. The van der Waals surface area contributed by atoms with E-state index >= 15 is 0 Å². The molecule has 1 rings (SSSR count). The van der Waals surface area contributed by atoms with Crippen molar-refractivity contribution in [2.45, 2.75) is 30.4 Å². The van der Waals surface area contributed by atoms with E-state index in [-0.39, 0.29) is 11.4 Å². The van der Waals surface area contributed by atoms with Gasteiger partial charge in [-0.25, -0.2) is 0 Å². The van der Waals surface area contributed by atoms with E-state index in [4.69, 9.17) is 5.11 Å². The molecule has 1 N–H and O–H groups in total. The topological polar surface area (TPSA) is 20.2 Å². The zero-order valence-corrected chi connectivity index (χ0v) is 9.19. The maximum Gasteiger partial charge on any atom is 0.0576 e. The van der Waals surface area contributed by atoms with Crippen LogP contribution >= 0.6 is 11.8 Å². The lowest BCUT2D eigenvalue weighted by Crippen LogP contribution is -2.19. The molecule has 1 aromatic carbocycles. The first kappa shape index (κ1) is 10.6. The van der Waals surface area contributed by atoms with Crippen molar-refractivity contribution in [3.8, 4) is 0 Å². The summed E-state index contributed by atoms with van der Waals surface area (Å²) in [7, 11) is 0. The van der Waals surface area contributed by atoms with Crippen molar-refractivity contribution in [2.75, 3.05) is 6.61 Å². The van der Waals surface area contributed by atoms with Crippen LogP contribution in [0.3, 0.4) is 0 Å². The summed E-state index contributed by atoms with van der Waals surface area (Å²) in [4.78, 5) is 1.25. The molecular formula is C11H16OS. The first-order chi connectivity index (χ1) is 6.05. The van der Waals surface area contributed by atoms with E-state index in [2.05, 4.69) is 19.1 Å². The molecular weight excluding hydrogens is 180 g/mol. The molecule has 0 unspecified atom stereocenters. The monoisotopic (exact) mass is 196 g/mol. The predicted octanol–water partition coefficient (Wildman–Crippen LogP) is 2.86. The molecule has 0 aliphatic rings. The molecule has 0 aliphatic carbocycles. The standard InChI is InChI=1S/C11H16OS/c1-9-6-4-5-7-10(9)13-11(2,3)8-12/h4-7,12H,8H2,1-3H3. The van der Waals surface area contributed by atoms with Crippen LogP contribution in [-0.4, -0.2) is 16.5 Å². The van der Waals surface area contributed by atoms with Crippen LogP contribution in [0, 0.1) is 6.92 Å². The minimum atomic E-state index is -0.0912. The van der Waals surface area contributed by atoms with Gasteiger partial charge in [0.05, 0.1) is 6.61 Å². The molecule has 0 aromatic heterocycles. The van der Waals surface area contributed by atoms with Crippen LogP contribution in [0.15, 0.2) is 29.2 Å². The molecule has 0 radical (unpaired) electrons. The first-order valence-corrected chi connectivity index (χ1v) is 5.22. The summed E-state index contributed by atoms with van der Waals surface area (Å²) >= 11 is 1.72. The average molecular weight is 196 g/mol. The van der Waals surface area contributed by atoms with E-state index in [1.807, 2.05) is 26.0 Å². The number of aryl methyl sites for hydroxylation is 1. The van der Waals surface area contributed by atoms with Crippen LogP contribution in [0.1, 0.15) is 19.4 Å². The Morgan fingerprint density at radius 1 is 1.31 bits per heavy atom. The quantitative estimate of drug-likeness (QED) is 0.750. The summed E-state index contributed by atoms with van der Waals surface area (Å²) < 4.78 is -0.0912. The van der Waals surface area contributed by atoms with Gasteiger partial charge in [0.25, 0.3) is 0 Å². The van der Waals surface area contributed by atoms with Gasteiger partial charge in [-0.1, -0.05) is 18.2 Å². The lowest BCUT2D eigenvalue weighted by molar-refractivity contribution is 0.265. The Kier molecular flexibility index (Phi) is 3.40. The number of aliphatic hydroxyl groups excluding tert-OH is 1. The average Bonchev–Trinajstić information content (AvgIpc) is 2.09. The number of thioether (sulfide) groups is 1. The van der Waals surface area contributed by atoms with E-state index in [1.54, 1.807) is 11.8 Å². The highest BCUT2D eigenvalue weighted by Crippen LogP contribution is 2.33. The van der Waals surface area contributed by atoms with E-state index in [1.165, 1.54) is 10.5 Å². The highest BCUT2D eigenvalue weighted by Gasteiger charge is 2.18. The fourth-order valence-corrected chi connectivity index (χ4v) is 2.04. The number of hydrogen-bond acceptors (Lipinski definition) is 2. The summed E-state index contributed by atoms with van der Waals surface area (Å²) in [6, 6.07) is 8.25. The molecule has 0 fully saturated rings. The fourth-order valence-electron chi connectivity index (χ4n) is 1.00. The van der Waals surface area contributed by atoms with Gasteiger partial charge in [-0.2, -0.15) is 0 Å². The van der Waals surface area contributed by atoms with Gasteiger partial charge in [-0.3, -0.25) is 0 Å². The molecule has 1 nitrogen and oxygen atoms in total. The minimum absolute atomic E-state index is 0.0912. The SMILES string of the molecule is Cc1ccccc1SC(C)(C)CO. The minimum Gasteiger partial charge on any atom is -0.395 e. The second-order valence-electron chi connectivity index (χ2n) is 3.79. The highest BCUT2D eigenvalue weighted by atomic mass is 32.2. The summed E-state index contributed by atoms with van der Waals surface area (Å²) in [5.41, 5.74) is 1.27. The summed E-state index contributed by atoms with van der Waals surface area (Å²) in [5, 5.41) is 9.13. The van der Waals surface area contributed by atoms with Crippen molar-refractivity contribution in [1.29, 1.82) is 0 Å². The predicted molar refractivity (Wildman–Crippen MR) is 58.2 cm³/mol.